The van der Waals surface area contributed by atoms with Crippen molar-refractivity contribution in [2.75, 3.05) is 11.5 Å². The molecule has 25 heavy (non-hydrogen) atoms. The van der Waals surface area contributed by atoms with Gasteiger partial charge in [0.05, 0.1) is 0 Å². The first-order valence-corrected chi connectivity index (χ1v) is 9.61. The molecule has 0 radical (unpaired) electrons. The first kappa shape index (κ1) is 16.5. The van der Waals surface area contributed by atoms with Gasteiger partial charge in [0.1, 0.15) is 34.2 Å². The molecule has 0 unspecified atom stereocenters. The van der Waals surface area contributed by atoms with Gasteiger partial charge in [-0.15, -0.1) is 23.5 Å². The summed E-state index contributed by atoms with van der Waals surface area (Å²) in [5.74, 6) is -1.46. The topological polar surface area (TPSA) is 133 Å². The fourth-order valence-electron chi connectivity index (χ4n) is 3.20. The number of hydrogen-bond acceptors (Lipinski definition) is 7. The summed E-state index contributed by atoms with van der Waals surface area (Å²) in [7, 11) is 0. The van der Waals surface area contributed by atoms with Gasteiger partial charge in [-0.1, -0.05) is 0 Å². The van der Waals surface area contributed by atoms with Crippen LogP contribution in [-0.2, 0) is 19.2 Å². The van der Waals surface area contributed by atoms with Crippen LogP contribution < -0.4 is 11.1 Å². The number of hydrogen-bond donors (Lipinski definition) is 3. The van der Waals surface area contributed by atoms with Crippen LogP contribution in [0.2, 0.25) is 0 Å². The second-order valence-electron chi connectivity index (χ2n) is 5.83. The number of nitrogens with zero attached hydrogens (tertiary/aromatic N) is 2. The summed E-state index contributed by atoms with van der Waals surface area (Å²) in [4.78, 5) is 50.5. The molecule has 4 aliphatic rings. The van der Waals surface area contributed by atoms with Crippen molar-refractivity contribution >= 4 is 47.2 Å². The molecule has 0 saturated carbocycles. The molecule has 3 amide bonds. The zero-order chi connectivity index (χ0) is 17.9. The van der Waals surface area contributed by atoms with E-state index in [2.05, 4.69) is 5.32 Å². The van der Waals surface area contributed by atoms with E-state index in [0.717, 1.165) is 0 Å². The second-order valence-corrected chi connectivity index (χ2v) is 8.12. The lowest BCUT2D eigenvalue weighted by Crippen LogP contribution is -2.72. The quantitative estimate of drug-likeness (QED) is 0.501. The Hall–Kier alpha value is -1.98. The number of carboxylic acids is 1. The summed E-state index contributed by atoms with van der Waals surface area (Å²) >= 11 is 2.86. The zero-order valence-corrected chi connectivity index (χ0v) is 14.4. The van der Waals surface area contributed by atoms with Gasteiger partial charge in [-0.25, -0.2) is 4.79 Å². The molecular formula is C14H14N4O5S2. The monoisotopic (exact) mass is 382 g/mol. The minimum absolute atomic E-state index is 0.0588. The van der Waals surface area contributed by atoms with Crippen molar-refractivity contribution < 1.29 is 24.3 Å². The molecule has 9 nitrogen and oxygen atoms in total. The fraction of sp³-hybridized carbons (Fsp3) is 0.429. The SMILES string of the molecule is N[C@@H]1C(=O)N2C(C(=O)N[C@@H]3C(=O)N4C(C(=O)O)=CCS[C@H]34)=CCS[C@H]12. The van der Waals surface area contributed by atoms with E-state index < -0.39 is 35.2 Å². The molecule has 4 rings (SSSR count). The minimum Gasteiger partial charge on any atom is -0.477 e. The molecule has 132 valence electrons. The molecule has 0 bridgehead atoms. The number of carbonyl (C=O) groups is 4. The van der Waals surface area contributed by atoms with Crippen LogP contribution in [0.15, 0.2) is 23.5 Å². The maximum atomic E-state index is 12.5. The molecule has 0 aliphatic carbocycles. The number of nitrogens with two attached hydrogens (primary N) is 1. The van der Waals surface area contributed by atoms with Crippen LogP contribution in [0.1, 0.15) is 0 Å². The van der Waals surface area contributed by atoms with Gasteiger partial charge in [-0.05, 0) is 12.2 Å². The number of aliphatic carboxylic acids is 1. The third-order valence-corrected chi connectivity index (χ3v) is 6.86. The molecule has 4 aliphatic heterocycles. The Morgan fingerprint density at radius 3 is 2.36 bits per heavy atom. The molecule has 0 aromatic carbocycles. The Morgan fingerprint density at radius 1 is 1.08 bits per heavy atom. The smallest absolute Gasteiger partial charge is 0.352 e. The summed E-state index contributed by atoms with van der Waals surface area (Å²) in [6, 6.07) is -1.42. The highest BCUT2D eigenvalue weighted by Crippen LogP contribution is 2.39. The van der Waals surface area contributed by atoms with E-state index in [4.69, 9.17) is 10.8 Å². The van der Waals surface area contributed by atoms with E-state index in [1.165, 1.54) is 39.4 Å². The van der Waals surface area contributed by atoms with Crippen LogP contribution in [0.25, 0.3) is 0 Å². The average molecular weight is 382 g/mol. The van der Waals surface area contributed by atoms with Crippen molar-refractivity contribution in [2.24, 2.45) is 5.73 Å². The lowest BCUT2D eigenvalue weighted by atomic mass is 10.0. The van der Waals surface area contributed by atoms with Gasteiger partial charge in [0.15, 0.2) is 0 Å². The largest absolute Gasteiger partial charge is 0.477 e. The van der Waals surface area contributed by atoms with Crippen LogP contribution in [0.3, 0.4) is 0 Å². The van der Waals surface area contributed by atoms with Crippen LogP contribution >= 0.6 is 23.5 Å². The van der Waals surface area contributed by atoms with Gasteiger partial charge >= 0.3 is 5.97 Å². The summed E-state index contributed by atoms with van der Waals surface area (Å²) < 4.78 is 0. The zero-order valence-electron chi connectivity index (χ0n) is 12.7. The van der Waals surface area contributed by atoms with E-state index in [1.54, 1.807) is 6.08 Å². The van der Waals surface area contributed by atoms with E-state index in [-0.39, 0.29) is 22.7 Å². The van der Waals surface area contributed by atoms with Crippen molar-refractivity contribution in [1.29, 1.82) is 0 Å². The number of β-lactam (4-membered cyclic amide) rings is 2. The molecule has 2 fully saturated rings. The van der Waals surface area contributed by atoms with Crippen LogP contribution in [0, 0.1) is 0 Å². The standard InChI is InChI=1S/C14H14N4O5S2/c15-7-10(20)17-5(1-3-24-12(7)17)9(19)16-8-11(21)18-6(14(22)23)2-4-25-13(8)18/h1-2,7-8,12-13H,3-4,15H2,(H,16,19)(H,22,23)/t7-,8-,12-,13-/m1/s1. The van der Waals surface area contributed by atoms with E-state index in [1.807, 2.05) is 0 Å². The Morgan fingerprint density at radius 2 is 1.68 bits per heavy atom. The van der Waals surface area contributed by atoms with Crippen LogP contribution in [0.5, 0.6) is 0 Å². The van der Waals surface area contributed by atoms with Gasteiger partial charge in [0, 0.05) is 11.5 Å². The number of fused-ring (bicyclic) bond motifs is 2. The van der Waals surface area contributed by atoms with Crippen molar-refractivity contribution in [3.63, 3.8) is 0 Å². The molecule has 0 aromatic heterocycles. The average Bonchev–Trinajstić information content (AvgIpc) is 2.63. The van der Waals surface area contributed by atoms with Crippen LogP contribution in [0.4, 0.5) is 0 Å². The molecular weight excluding hydrogens is 368 g/mol. The van der Waals surface area contributed by atoms with Gasteiger partial charge in [0.25, 0.3) is 11.8 Å². The minimum atomic E-state index is -1.17. The predicted molar refractivity (Wildman–Crippen MR) is 89.9 cm³/mol. The van der Waals surface area contributed by atoms with Crippen molar-refractivity contribution in [1.82, 2.24) is 15.1 Å². The molecule has 2 saturated heterocycles. The molecule has 4 heterocycles. The van der Waals surface area contributed by atoms with E-state index in [9.17, 15) is 19.2 Å². The Labute approximate surface area is 150 Å². The second kappa shape index (κ2) is 5.78. The summed E-state index contributed by atoms with van der Waals surface area (Å²) in [5, 5.41) is 11.1. The number of amides is 3. The number of carbonyl (C=O) groups excluding carboxylic acids is 3. The molecule has 11 heteroatoms. The lowest BCUT2D eigenvalue weighted by molar-refractivity contribution is -0.151. The summed E-state index contributed by atoms with van der Waals surface area (Å²) in [6.45, 7) is 0. The normalized spacial score (nSPS) is 33.3. The van der Waals surface area contributed by atoms with E-state index >= 15 is 0 Å². The number of nitrogens with one attached hydrogen (secondary N) is 1. The maximum Gasteiger partial charge on any atom is 0.352 e. The van der Waals surface area contributed by atoms with Gasteiger partial charge < -0.3 is 16.2 Å². The molecule has 0 aromatic rings. The van der Waals surface area contributed by atoms with Crippen LogP contribution in [-0.4, -0.2) is 72.9 Å². The molecule has 4 N–H and O–H groups in total. The van der Waals surface area contributed by atoms with Gasteiger partial charge in [-0.2, -0.15) is 0 Å². The maximum absolute atomic E-state index is 12.5. The third-order valence-electron chi connectivity index (χ3n) is 4.47. The number of rotatable bonds is 3. The summed E-state index contributed by atoms with van der Waals surface area (Å²) in [6.07, 6.45) is 3.11. The first-order chi connectivity index (χ1) is 11.9. The molecule has 0 spiro atoms. The van der Waals surface area contributed by atoms with Crippen molar-refractivity contribution in [3.8, 4) is 0 Å². The highest BCUT2D eigenvalue weighted by molar-refractivity contribution is 8.00. The summed E-state index contributed by atoms with van der Waals surface area (Å²) in [5.41, 5.74) is 5.88. The Balaban J connectivity index is 1.47. The molecule has 4 atom stereocenters. The Bertz CT molecular complexity index is 766. The highest BCUT2D eigenvalue weighted by atomic mass is 32.2. The van der Waals surface area contributed by atoms with E-state index in [0.29, 0.717) is 11.5 Å². The van der Waals surface area contributed by atoms with Crippen molar-refractivity contribution in [2.45, 2.75) is 22.8 Å². The fourth-order valence-corrected chi connectivity index (χ4v) is 5.54. The Kier molecular flexibility index (Phi) is 3.81. The third kappa shape index (κ3) is 2.29. The first-order valence-electron chi connectivity index (χ1n) is 7.51. The number of thioether (sulfide) groups is 2. The van der Waals surface area contributed by atoms with Gasteiger partial charge in [-0.3, -0.25) is 24.2 Å². The predicted octanol–water partition coefficient (Wildman–Crippen LogP) is -1.52. The number of carboxylic acid groups (broad SMARTS) is 1. The lowest BCUT2D eigenvalue weighted by Gasteiger charge is -2.50. The van der Waals surface area contributed by atoms with Crippen molar-refractivity contribution in [3.05, 3.63) is 23.5 Å². The van der Waals surface area contributed by atoms with Gasteiger partial charge in [0.2, 0.25) is 5.91 Å². The highest BCUT2D eigenvalue weighted by Gasteiger charge is 2.54.